The molecule has 1 aromatic carbocycles. The normalized spacial score (nSPS) is 11.6. The maximum absolute atomic E-state index is 12.9. The van der Waals surface area contributed by atoms with Crippen LogP contribution in [-0.2, 0) is 11.0 Å². The van der Waals surface area contributed by atoms with Gasteiger partial charge in [-0.1, -0.05) is 17.7 Å². The van der Waals surface area contributed by atoms with Crippen molar-refractivity contribution < 1.29 is 18.0 Å². The van der Waals surface area contributed by atoms with E-state index in [0.717, 1.165) is 18.0 Å². The summed E-state index contributed by atoms with van der Waals surface area (Å²) in [6, 6.07) is 9.73. The first-order chi connectivity index (χ1) is 12.2. The molecule has 1 amide bonds. The van der Waals surface area contributed by atoms with E-state index < -0.39 is 22.7 Å². The maximum Gasteiger partial charge on any atom is 0.417 e. The minimum atomic E-state index is -4.66. The van der Waals surface area contributed by atoms with Crippen molar-refractivity contribution in [2.24, 2.45) is 0 Å². The number of carbonyl (C=O) groups excluding carboxylic acids is 1. The second kappa shape index (κ2) is 7.89. The fourth-order valence-corrected chi connectivity index (χ4v) is 2.16. The van der Waals surface area contributed by atoms with Crippen LogP contribution in [0.5, 0.6) is 0 Å². The van der Waals surface area contributed by atoms with E-state index in [4.69, 9.17) is 16.9 Å². The van der Waals surface area contributed by atoms with Crippen LogP contribution < -0.4 is 10.6 Å². The molecule has 1 heterocycles. The zero-order chi connectivity index (χ0) is 19.3. The maximum atomic E-state index is 12.9. The molecule has 0 aliphatic rings. The third-order valence-electron chi connectivity index (χ3n) is 3.15. The van der Waals surface area contributed by atoms with Crippen LogP contribution in [0.25, 0.3) is 0 Å². The van der Waals surface area contributed by atoms with E-state index in [-0.39, 0.29) is 11.3 Å². The van der Waals surface area contributed by atoms with Gasteiger partial charge in [-0.2, -0.15) is 18.4 Å². The number of amides is 1. The van der Waals surface area contributed by atoms with Gasteiger partial charge in [-0.15, -0.1) is 0 Å². The molecule has 26 heavy (non-hydrogen) atoms. The largest absolute Gasteiger partial charge is 0.417 e. The van der Waals surface area contributed by atoms with E-state index in [0.29, 0.717) is 11.9 Å². The van der Waals surface area contributed by atoms with Crippen LogP contribution in [0.3, 0.4) is 0 Å². The Bertz CT molecular complexity index is 904. The van der Waals surface area contributed by atoms with Crippen molar-refractivity contribution in [2.75, 3.05) is 10.6 Å². The van der Waals surface area contributed by atoms with Crippen LogP contribution >= 0.6 is 11.6 Å². The van der Waals surface area contributed by atoms with Gasteiger partial charge in [0.05, 0.1) is 10.6 Å². The van der Waals surface area contributed by atoms with Crippen molar-refractivity contribution in [2.45, 2.75) is 13.1 Å². The fourth-order valence-electron chi connectivity index (χ4n) is 1.94. The van der Waals surface area contributed by atoms with Gasteiger partial charge >= 0.3 is 6.18 Å². The van der Waals surface area contributed by atoms with Crippen molar-refractivity contribution in [1.82, 2.24) is 4.98 Å². The number of rotatable bonds is 4. The Balaban J connectivity index is 2.17. The van der Waals surface area contributed by atoms with Gasteiger partial charge in [0.2, 0.25) is 0 Å². The number of benzene rings is 1. The van der Waals surface area contributed by atoms with Gasteiger partial charge in [0, 0.05) is 17.6 Å². The molecule has 0 saturated heterocycles. The molecule has 0 bridgehead atoms. The molecule has 0 atom stereocenters. The Morgan fingerprint density at radius 2 is 2.04 bits per heavy atom. The number of hydrogen-bond acceptors (Lipinski definition) is 4. The van der Waals surface area contributed by atoms with Crippen molar-refractivity contribution in [3.8, 4) is 6.07 Å². The number of alkyl halides is 3. The van der Waals surface area contributed by atoms with Crippen molar-refractivity contribution in [3.63, 3.8) is 0 Å². The number of halogens is 4. The minimum Gasteiger partial charge on any atom is -0.345 e. The molecule has 2 N–H and O–H groups in total. The zero-order valence-electron chi connectivity index (χ0n) is 13.4. The molecule has 134 valence electrons. The van der Waals surface area contributed by atoms with E-state index in [2.05, 4.69) is 15.6 Å². The Morgan fingerprint density at radius 1 is 1.31 bits per heavy atom. The number of nitriles is 1. The molecule has 0 unspecified atom stereocenters. The van der Waals surface area contributed by atoms with Gasteiger partial charge in [0.1, 0.15) is 17.5 Å². The Hall–Kier alpha value is -3.05. The van der Waals surface area contributed by atoms with Crippen LogP contribution in [0, 0.1) is 18.3 Å². The number of aromatic nitrogens is 1. The van der Waals surface area contributed by atoms with Crippen molar-refractivity contribution >= 4 is 29.0 Å². The summed E-state index contributed by atoms with van der Waals surface area (Å²) in [4.78, 5) is 16.2. The fraction of sp³-hybridized carbons (Fsp3) is 0.118. The lowest BCUT2D eigenvalue weighted by molar-refractivity contribution is -0.137. The van der Waals surface area contributed by atoms with E-state index in [1.807, 2.05) is 0 Å². The molecule has 0 aliphatic carbocycles. The smallest absolute Gasteiger partial charge is 0.345 e. The molecule has 2 aromatic rings. The summed E-state index contributed by atoms with van der Waals surface area (Å²) in [7, 11) is 0. The number of nitrogens with zero attached hydrogens (tertiary/aromatic N) is 2. The highest BCUT2D eigenvalue weighted by Crippen LogP contribution is 2.36. The minimum absolute atomic E-state index is 0.137. The molecular weight excluding hydrogens is 369 g/mol. The first-order valence-electron chi connectivity index (χ1n) is 7.19. The summed E-state index contributed by atoms with van der Waals surface area (Å²) in [5, 5.41) is 13.5. The van der Waals surface area contributed by atoms with Gasteiger partial charge in [-0.25, -0.2) is 4.98 Å². The SMILES string of the molecule is Cc1cccc(N/C=C(/C#N)C(=O)Nc2ccc(Cl)c(C(F)(F)F)c2)n1. The van der Waals surface area contributed by atoms with Crippen LogP contribution in [0.2, 0.25) is 5.02 Å². The summed E-state index contributed by atoms with van der Waals surface area (Å²) in [6.45, 7) is 1.77. The van der Waals surface area contributed by atoms with E-state index in [1.165, 1.54) is 6.07 Å². The number of pyridine rings is 1. The molecule has 9 heteroatoms. The van der Waals surface area contributed by atoms with Crippen LogP contribution in [-0.4, -0.2) is 10.9 Å². The number of aryl methyl sites for hydroxylation is 1. The highest BCUT2D eigenvalue weighted by Gasteiger charge is 2.33. The summed E-state index contributed by atoms with van der Waals surface area (Å²) in [5.41, 5.74) is -0.827. The highest BCUT2D eigenvalue weighted by atomic mass is 35.5. The van der Waals surface area contributed by atoms with Crippen LogP contribution in [0.15, 0.2) is 48.2 Å². The predicted octanol–water partition coefficient (Wildman–Crippen LogP) is 4.52. The molecule has 2 rings (SSSR count). The molecule has 0 saturated carbocycles. The molecule has 0 spiro atoms. The van der Waals surface area contributed by atoms with Crippen LogP contribution in [0.4, 0.5) is 24.7 Å². The lowest BCUT2D eigenvalue weighted by Gasteiger charge is -2.11. The monoisotopic (exact) mass is 380 g/mol. The van der Waals surface area contributed by atoms with Crippen molar-refractivity contribution in [3.05, 3.63) is 64.5 Å². The summed E-state index contributed by atoms with van der Waals surface area (Å²) in [5.74, 6) is -0.459. The summed E-state index contributed by atoms with van der Waals surface area (Å²) < 4.78 is 38.6. The predicted molar refractivity (Wildman–Crippen MR) is 91.4 cm³/mol. The Kier molecular flexibility index (Phi) is 5.85. The van der Waals surface area contributed by atoms with Crippen LogP contribution in [0.1, 0.15) is 11.3 Å². The lowest BCUT2D eigenvalue weighted by Crippen LogP contribution is -2.15. The van der Waals surface area contributed by atoms with E-state index in [9.17, 15) is 18.0 Å². The number of carbonyl (C=O) groups is 1. The second-order valence-electron chi connectivity index (χ2n) is 5.12. The van der Waals surface area contributed by atoms with Gasteiger partial charge in [-0.3, -0.25) is 4.79 Å². The van der Waals surface area contributed by atoms with E-state index >= 15 is 0 Å². The molecule has 0 radical (unpaired) electrons. The van der Waals surface area contributed by atoms with Gasteiger partial charge in [-0.05, 0) is 37.3 Å². The van der Waals surface area contributed by atoms with E-state index in [1.54, 1.807) is 31.2 Å². The molecular formula is C17H12ClF3N4O. The van der Waals surface area contributed by atoms with Gasteiger partial charge in [0.15, 0.2) is 0 Å². The summed E-state index contributed by atoms with van der Waals surface area (Å²) >= 11 is 5.52. The van der Waals surface area contributed by atoms with Gasteiger partial charge < -0.3 is 10.6 Å². The Morgan fingerprint density at radius 3 is 2.65 bits per heavy atom. The lowest BCUT2D eigenvalue weighted by atomic mass is 10.2. The van der Waals surface area contributed by atoms with Gasteiger partial charge in [0.25, 0.3) is 5.91 Å². The second-order valence-corrected chi connectivity index (χ2v) is 5.53. The average molecular weight is 381 g/mol. The zero-order valence-corrected chi connectivity index (χ0v) is 14.1. The molecule has 0 fully saturated rings. The number of hydrogen-bond donors (Lipinski definition) is 2. The average Bonchev–Trinajstić information content (AvgIpc) is 2.56. The topological polar surface area (TPSA) is 77.8 Å². The van der Waals surface area contributed by atoms with Crippen molar-refractivity contribution in [1.29, 1.82) is 5.26 Å². The molecule has 1 aromatic heterocycles. The standard InChI is InChI=1S/C17H12ClF3N4O/c1-10-3-2-4-15(24-10)23-9-11(8-22)16(26)25-12-5-6-14(18)13(7-12)17(19,20)21/h2-7,9H,1H3,(H,23,24)(H,25,26)/b11-9-. The highest BCUT2D eigenvalue weighted by molar-refractivity contribution is 6.31. The molecule has 0 aliphatic heterocycles. The quantitative estimate of drug-likeness (QED) is 0.604. The first kappa shape index (κ1) is 19.3. The number of nitrogens with one attached hydrogen (secondary N) is 2. The summed E-state index contributed by atoms with van der Waals surface area (Å²) in [6.07, 6.45) is -3.54. The molecule has 5 nitrogen and oxygen atoms in total. The number of anilines is 2. The third kappa shape index (κ3) is 4.97. The Labute approximate surface area is 152 Å². The third-order valence-corrected chi connectivity index (χ3v) is 3.48. The first-order valence-corrected chi connectivity index (χ1v) is 7.57.